The standard InChI is InChI=1S/C21H28N4O2/c26-18(15-16-9-5-6-10-16)22-19(17-11-3-1-4-12-17)20-23-24-21(27-20)25-13-7-2-8-14-25/h1,3-4,11-12,16,19H,2,5-10,13-15H2,(H,22,26)/t19-/m0/s1. The summed E-state index contributed by atoms with van der Waals surface area (Å²) in [5.74, 6) is 1.03. The fourth-order valence-electron chi connectivity index (χ4n) is 4.19. The number of rotatable bonds is 6. The third kappa shape index (κ3) is 4.49. The maximum absolute atomic E-state index is 12.7. The van der Waals surface area contributed by atoms with Crippen LogP contribution in [0.1, 0.15) is 68.9 Å². The Morgan fingerprint density at radius 2 is 1.81 bits per heavy atom. The van der Waals surface area contributed by atoms with Gasteiger partial charge in [-0.2, -0.15) is 0 Å². The summed E-state index contributed by atoms with van der Waals surface area (Å²) in [6.07, 6.45) is 8.92. The highest BCUT2D eigenvalue weighted by Gasteiger charge is 2.26. The predicted octanol–water partition coefficient (Wildman–Crippen LogP) is 3.85. The second-order valence-corrected chi connectivity index (χ2v) is 7.74. The van der Waals surface area contributed by atoms with Crippen LogP contribution < -0.4 is 10.2 Å². The van der Waals surface area contributed by atoms with Crippen LogP contribution in [0.5, 0.6) is 0 Å². The highest BCUT2D eigenvalue weighted by molar-refractivity contribution is 5.77. The number of nitrogens with one attached hydrogen (secondary N) is 1. The lowest BCUT2D eigenvalue weighted by Gasteiger charge is -2.24. The fourth-order valence-corrected chi connectivity index (χ4v) is 4.19. The number of nitrogens with zero attached hydrogens (tertiary/aromatic N) is 3. The number of hydrogen-bond acceptors (Lipinski definition) is 5. The lowest BCUT2D eigenvalue weighted by molar-refractivity contribution is -0.122. The molecule has 0 unspecified atom stereocenters. The number of benzene rings is 1. The van der Waals surface area contributed by atoms with E-state index in [0.717, 1.165) is 44.3 Å². The smallest absolute Gasteiger partial charge is 0.318 e. The molecule has 0 bridgehead atoms. The second kappa shape index (κ2) is 8.55. The molecular weight excluding hydrogens is 340 g/mol. The number of piperidine rings is 1. The largest absolute Gasteiger partial charge is 0.405 e. The zero-order valence-corrected chi connectivity index (χ0v) is 15.8. The average Bonchev–Trinajstić information content (AvgIpc) is 3.40. The Balaban J connectivity index is 1.51. The molecule has 0 radical (unpaired) electrons. The van der Waals surface area contributed by atoms with Crippen molar-refractivity contribution in [3.8, 4) is 0 Å². The van der Waals surface area contributed by atoms with E-state index in [1.807, 2.05) is 30.3 Å². The van der Waals surface area contributed by atoms with Gasteiger partial charge in [0.15, 0.2) is 0 Å². The molecule has 0 spiro atoms. The van der Waals surface area contributed by atoms with Crippen LogP contribution in [0.15, 0.2) is 34.7 Å². The Hall–Kier alpha value is -2.37. The monoisotopic (exact) mass is 368 g/mol. The van der Waals surface area contributed by atoms with Gasteiger partial charge in [-0.1, -0.05) is 48.3 Å². The van der Waals surface area contributed by atoms with Crippen LogP contribution in [0.3, 0.4) is 0 Å². The highest BCUT2D eigenvalue weighted by atomic mass is 16.4. The second-order valence-electron chi connectivity index (χ2n) is 7.74. The minimum atomic E-state index is -0.397. The van der Waals surface area contributed by atoms with Crippen LogP contribution in [-0.2, 0) is 4.79 Å². The van der Waals surface area contributed by atoms with Gasteiger partial charge in [-0.15, -0.1) is 5.10 Å². The first-order chi connectivity index (χ1) is 13.3. The Labute approximate surface area is 160 Å². The van der Waals surface area contributed by atoms with E-state index >= 15 is 0 Å². The van der Waals surface area contributed by atoms with Crippen LogP contribution in [0.4, 0.5) is 6.01 Å². The summed E-state index contributed by atoms with van der Waals surface area (Å²) in [5, 5.41) is 11.7. The maximum atomic E-state index is 12.7. The van der Waals surface area contributed by atoms with Gasteiger partial charge in [0.1, 0.15) is 6.04 Å². The Morgan fingerprint density at radius 1 is 1.07 bits per heavy atom. The molecule has 6 nitrogen and oxygen atoms in total. The van der Waals surface area contributed by atoms with Gasteiger partial charge in [0.05, 0.1) is 0 Å². The predicted molar refractivity (Wildman–Crippen MR) is 103 cm³/mol. The molecule has 1 aromatic carbocycles. The number of amides is 1. The number of hydrogen-bond donors (Lipinski definition) is 1. The van der Waals surface area contributed by atoms with E-state index in [9.17, 15) is 4.79 Å². The Bertz CT molecular complexity index is 734. The van der Waals surface area contributed by atoms with Crippen LogP contribution in [0.2, 0.25) is 0 Å². The normalized spacial score (nSPS) is 19.2. The molecule has 1 saturated heterocycles. The molecule has 2 aliphatic rings. The van der Waals surface area contributed by atoms with E-state index < -0.39 is 6.04 Å². The van der Waals surface area contributed by atoms with Gasteiger partial charge in [0, 0.05) is 19.5 Å². The molecule has 1 saturated carbocycles. The van der Waals surface area contributed by atoms with Crippen molar-refractivity contribution in [1.82, 2.24) is 15.5 Å². The van der Waals surface area contributed by atoms with E-state index in [-0.39, 0.29) is 5.91 Å². The summed E-state index contributed by atoms with van der Waals surface area (Å²) in [6.45, 7) is 1.90. The molecule has 2 fully saturated rings. The van der Waals surface area contributed by atoms with Gasteiger partial charge < -0.3 is 14.6 Å². The molecule has 1 amide bonds. The molecule has 1 aliphatic heterocycles. The third-order valence-corrected chi connectivity index (χ3v) is 5.69. The van der Waals surface area contributed by atoms with E-state index in [4.69, 9.17) is 4.42 Å². The number of anilines is 1. The molecule has 1 aromatic heterocycles. The molecule has 1 N–H and O–H groups in total. The molecule has 2 heterocycles. The van der Waals surface area contributed by atoms with Crippen molar-refractivity contribution >= 4 is 11.9 Å². The van der Waals surface area contributed by atoms with Gasteiger partial charge in [0.25, 0.3) is 0 Å². The molecule has 1 atom stereocenters. The molecule has 144 valence electrons. The van der Waals surface area contributed by atoms with Crippen molar-refractivity contribution in [3.05, 3.63) is 41.8 Å². The minimum Gasteiger partial charge on any atom is -0.405 e. The summed E-state index contributed by atoms with van der Waals surface area (Å²) < 4.78 is 6.00. The van der Waals surface area contributed by atoms with Crippen LogP contribution in [-0.4, -0.2) is 29.2 Å². The summed E-state index contributed by atoms with van der Waals surface area (Å²) in [5.41, 5.74) is 0.964. The summed E-state index contributed by atoms with van der Waals surface area (Å²) in [4.78, 5) is 14.8. The molecule has 4 rings (SSSR count). The zero-order valence-electron chi connectivity index (χ0n) is 15.8. The summed E-state index contributed by atoms with van der Waals surface area (Å²) in [7, 11) is 0. The first-order valence-electron chi connectivity index (χ1n) is 10.2. The van der Waals surface area contributed by atoms with Gasteiger partial charge >= 0.3 is 6.01 Å². The van der Waals surface area contributed by atoms with Gasteiger partial charge in [-0.05, 0) is 43.6 Å². The Kier molecular flexibility index (Phi) is 5.70. The van der Waals surface area contributed by atoms with Crippen molar-refractivity contribution in [3.63, 3.8) is 0 Å². The quantitative estimate of drug-likeness (QED) is 0.839. The Morgan fingerprint density at radius 3 is 2.56 bits per heavy atom. The lowest BCUT2D eigenvalue weighted by Crippen LogP contribution is -2.31. The average molecular weight is 368 g/mol. The highest BCUT2D eigenvalue weighted by Crippen LogP contribution is 2.29. The molecule has 2 aromatic rings. The fraction of sp³-hybridized carbons (Fsp3) is 0.571. The van der Waals surface area contributed by atoms with E-state index in [0.29, 0.717) is 24.2 Å². The minimum absolute atomic E-state index is 0.0634. The topological polar surface area (TPSA) is 71.3 Å². The molecule has 27 heavy (non-hydrogen) atoms. The third-order valence-electron chi connectivity index (χ3n) is 5.69. The number of carbonyl (C=O) groups excluding carboxylic acids is 1. The van der Waals surface area contributed by atoms with E-state index in [1.54, 1.807) is 0 Å². The van der Waals surface area contributed by atoms with Crippen LogP contribution in [0, 0.1) is 5.92 Å². The molecular formula is C21H28N4O2. The zero-order chi connectivity index (χ0) is 18.5. The van der Waals surface area contributed by atoms with E-state index in [1.165, 1.54) is 19.3 Å². The van der Waals surface area contributed by atoms with Crippen LogP contribution >= 0.6 is 0 Å². The van der Waals surface area contributed by atoms with E-state index in [2.05, 4.69) is 20.4 Å². The lowest BCUT2D eigenvalue weighted by atomic mass is 10.0. The number of carbonyl (C=O) groups is 1. The van der Waals surface area contributed by atoms with Crippen molar-refractivity contribution in [2.24, 2.45) is 5.92 Å². The maximum Gasteiger partial charge on any atom is 0.318 e. The van der Waals surface area contributed by atoms with Crippen molar-refractivity contribution in [1.29, 1.82) is 0 Å². The van der Waals surface area contributed by atoms with Gasteiger partial charge in [0.2, 0.25) is 11.8 Å². The van der Waals surface area contributed by atoms with Gasteiger partial charge in [-0.25, -0.2) is 0 Å². The SMILES string of the molecule is O=C(CC1CCCC1)N[C@@H](c1ccccc1)c1nnc(N2CCCCC2)o1. The summed E-state index contributed by atoms with van der Waals surface area (Å²) in [6, 6.07) is 10.0. The summed E-state index contributed by atoms with van der Waals surface area (Å²) >= 11 is 0. The first-order valence-corrected chi connectivity index (χ1v) is 10.2. The van der Waals surface area contributed by atoms with Crippen molar-refractivity contribution < 1.29 is 9.21 Å². The van der Waals surface area contributed by atoms with Gasteiger partial charge in [-0.3, -0.25) is 4.79 Å². The van der Waals surface area contributed by atoms with Crippen LogP contribution in [0.25, 0.3) is 0 Å². The number of aromatic nitrogens is 2. The van der Waals surface area contributed by atoms with Crippen molar-refractivity contribution in [2.75, 3.05) is 18.0 Å². The molecule has 6 heteroatoms. The first kappa shape index (κ1) is 18.0. The van der Waals surface area contributed by atoms with Crippen molar-refractivity contribution in [2.45, 2.75) is 57.4 Å². The molecule has 1 aliphatic carbocycles.